The third-order valence-electron chi connectivity index (χ3n) is 1.40. The zero-order chi connectivity index (χ0) is 8.97. The van der Waals surface area contributed by atoms with E-state index in [9.17, 15) is 5.11 Å². The van der Waals surface area contributed by atoms with Crippen LogP contribution >= 0.6 is 22.6 Å². The molecule has 0 saturated heterocycles. The van der Waals surface area contributed by atoms with Gasteiger partial charge in [0.1, 0.15) is 11.5 Å². The van der Waals surface area contributed by atoms with Crippen LogP contribution in [0.2, 0.25) is 0 Å². The zero-order valence-corrected chi connectivity index (χ0v) is 8.78. The predicted molar refractivity (Wildman–Crippen MR) is 57.7 cm³/mol. The molecule has 0 amide bonds. The van der Waals surface area contributed by atoms with Gasteiger partial charge in [-0.05, 0) is 27.9 Å². The summed E-state index contributed by atoms with van der Waals surface area (Å²) in [5.41, 5.74) is 0.932. The number of halogens is 1. The van der Waals surface area contributed by atoms with Gasteiger partial charge in [0.15, 0.2) is 0 Å². The average Bonchev–Trinajstić information content (AvgIpc) is 2.04. The van der Waals surface area contributed by atoms with Gasteiger partial charge in [-0.3, -0.25) is 0 Å². The van der Waals surface area contributed by atoms with Crippen molar-refractivity contribution >= 4 is 28.7 Å². The molecular formula is C9H9IO2. The van der Waals surface area contributed by atoms with Crippen LogP contribution in [0.4, 0.5) is 0 Å². The highest BCUT2D eigenvalue weighted by Gasteiger charge is 1.96. The lowest BCUT2D eigenvalue weighted by atomic mass is 10.2. The Kier molecular flexibility index (Phi) is 3.40. The smallest absolute Gasteiger partial charge is 0.123 e. The number of rotatable bonds is 2. The molecule has 0 spiro atoms. The fraction of sp³-hybridized carbons (Fsp3) is 0.111. The van der Waals surface area contributed by atoms with Gasteiger partial charge < -0.3 is 9.84 Å². The topological polar surface area (TPSA) is 29.5 Å². The molecule has 1 rings (SSSR count). The van der Waals surface area contributed by atoms with Gasteiger partial charge in [0, 0.05) is 6.07 Å². The fourth-order valence-electron chi connectivity index (χ4n) is 0.893. The van der Waals surface area contributed by atoms with Crippen molar-refractivity contribution in [2.24, 2.45) is 0 Å². The van der Waals surface area contributed by atoms with Crippen molar-refractivity contribution in [1.29, 1.82) is 0 Å². The summed E-state index contributed by atoms with van der Waals surface area (Å²) >= 11 is 2.12. The van der Waals surface area contributed by atoms with Gasteiger partial charge in [-0.15, -0.1) is 0 Å². The van der Waals surface area contributed by atoms with Gasteiger partial charge in [0.2, 0.25) is 0 Å². The lowest BCUT2D eigenvalue weighted by molar-refractivity contribution is 0.407. The largest absolute Gasteiger partial charge is 0.508 e. The Labute approximate surface area is 85.0 Å². The van der Waals surface area contributed by atoms with Gasteiger partial charge >= 0.3 is 0 Å². The second-order valence-electron chi connectivity index (χ2n) is 2.26. The lowest BCUT2D eigenvalue weighted by Crippen LogP contribution is -1.82. The first kappa shape index (κ1) is 9.38. The van der Waals surface area contributed by atoms with Gasteiger partial charge in [-0.1, -0.05) is 22.6 Å². The number of methoxy groups -OCH3 is 1. The molecule has 64 valence electrons. The summed E-state index contributed by atoms with van der Waals surface area (Å²) in [4.78, 5) is 0. The maximum absolute atomic E-state index is 9.24. The highest BCUT2D eigenvalue weighted by atomic mass is 127. The number of hydrogen-bond donors (Lipinski definition) is 1. The Bertz CT molecular complexity index is 295. The fourth-order valence-corrected chi connectivity index (χ4v) is 1.31. The van der Waals surface area contributed by atoms with Crippen molar-refractivity contribution in [3.05, 3.63) is 27.8 Å². The molecule has 0 bridgehead atoms. The number of ether oxygens (including phenoxy) is 1. The molecule has 0 heterocycles. The van der Waals surface area contributed by atoms with Crippen molar-refractivity contribution in [2.45, 2.75) is 0 Å². The van der Waals surface area contributed by atoms with E-state index in [1.807, 2.05) is 16.2 Å². The minimum absolute atomic E-state index is 0.221. The lowest BCUT2D eigenvalue weighted by Gasteiger charge is -2.01. The number of phenols is 1. The number of aromatic hydroxyl groups is 1. The van der Waals surface area contributed by atoms with E-state index in [4.69, 9.17) is 4.74 Å². The van der Waals surface area contributed by atoms with Gasteiger partial charge in [0.05, 0.1) is 7.11 Å². The molecule has 0 aliphatic heterocycles. The molecule has 1 aromatic carbocycles. The summed E-state index contributed by atoms with van der Waals surface area (Å²) in [5.74, 6) is 0.887. The molecule has 2 nitrogen and oxygen atoms in total. The quantitative estimate of drug-likeness (QED) is 0.842. The predicted octanol–water partition coefficient (Wildman–Crippen LogP) is 2.81. The van der Waals surface area contributed by atoms with Crippen LogP contribution in [-0.2, 0) is 0 Å². The molecule has 0 radical (unpaired) electrons. The Morgan fingerprint density at radius 3 is 2.75 bits per heavy atom. The third kappa shape index (κ3) is 2.41. The molecule has 12 heavy (non-hydrogen) atoms. The molecule has 0 aromatic heterocycles. The Hall–Kier alpha value is -0.710. The molecule has 0 unspecified atom stereocenters. The highest BCUT2D eigenvalue weighted by molar-refractivity contribution is 14.1. The standard InChI is InChI=1S/C9H9IO2/c1-12-9-5-7(2-3-10)4-8(11)6-9/h2-6,11H,1H3. The summed E-state index contributed by atoms with van der Waals surface area (Å²) in [6.07, 6.45) is 1.89. The van der Waals surface area contributed by atoms with Crippen LogP contribution in [0.3, 0.4) is 0 Å². The van der Waals surface area contributed by atoms with Crippen LogP contribution < -0.4 is 4.74 Å². The summed E-state index contributed by atoms with van der Waals surface area (Å²) in [6, 6.07) is 5.11. The van der Waals surface area contributed by atoms with Crippen LogP contribution in [0, 0.1) is 0 Å². The number of phenolic OH excluding ortho intramolecular Hbond substituents is 1. The third-order valence-corrected chi connectivity index (χ3v) is 1.76. The van der Waals surface area contributed by atoms with Gasteiger partial charge in [0.25, 0.3) is 0 Å². The Morgan fingerprint density at radius 2 is 2.17 bits per heavy atom. The summed E-state index contributed by atoms with van der Waals surface area (Å²) in [6.45, 7) is 0. The van der Waals surface area contributed by atoms with Crippen molar-refractivity contribution < 1.29 is 9.84 Å². The minimum Gasteiger partial charge on any atom is -0.508 e. The van der Waals surface area contributed by atoms with E-state index in [1.165, 1.54) is 0 Å². The second-order valence-corrected chi connectivity index (χ2v) is 2.98. The van der Waals surface area contributed by atoms with E-state index in [2.05, 4.69) is 22.6 Å². The van der Waals surface area contributed by atoms with Crippen LogP contribution in [0.15, 0.2) is 22.3 Å². The number of hydrogen-bond acceptors (Lipinski definition) is 2. The molecule has 0 fully saturated rings. The Morgan fingerprint density at radius 1 is 1.42 bits per heavy atom. The Balaban J connectivity index is 3.06. The first-order chi connectivity index (χ1) is 5.76. The van der Waals surface area contributed by atoms with E-state index in [-0.39, 0.29) is 5.75 Å². The first-order valence-electron chi connectivity index (χ1n) is 3.41. The summed E-state index contributed by atoms with van der Waals surface area (Å²) in [5, 5.41) is 9.24. The zero-order valence-electron chi connectivity index (χ0n) is 6.62. The first-order valence-corrected chi connectivity index (χ1v) is 4.65. The normalized spacial score (nSPS) is 10.5. The van der Waals surface area contributed by atoms with Crippen molar-refractivity contribution in [3.8, 4) is 11.5 Å². The minimum atomic E-state index is 0.221. The highest BCUT2D eigenvalue weighted by Crippen LogP contribution is 2.22. The van der Waals surface area contributed by atoms with Crippen LogP contribution in [-0.4, -0.2) is 12.2 Å². The van der Waals surface area contributed by atoms with E-state index < -0.39 is 0 Å². The number of benzene rings is 1. The molecule has 0 saturated carbocycles. The van der Waals surface area contributed by atoms with Crippen molar-refractivity contribution in [1.82, 2.24) is 0 Å². The maximum atomic E-state index is 9.24. The molecule has 0 aliphatic rings. The van der Waals surface area contributed by atoms with Gasteiger partial charge in [-0.25, -0.2) is 0 Å². The van der Waals surface area contributed by atoms with Crippen molar-refractivity contribution in [3.63, 3.8) is 0 Å². The SMILES string of the molecule is COc1cc(O)cc(C=CI)c1. The van der Waals surface area contributed by atoms with Crippen molar-refractivity contribution in [2.75, 3.05) is 7.11 Å². The monoisotopic (exact) mass is 276 g/mol. The van der Waals surface area contributed by atoms with E-state index in [1.54, 1.807) is 19.2 Å². The van der Waals surface area contributed by atoms with E-state index in [0.717, 1.165) is 5.56 Å². The van der Waals surface area contributed by atoms with E-state index >= 15 is 0 Å². The second kappa shape index (κ2) is 4.35. The average molecular weight is 276 g/mol. The van der Waals surface area contributed by atoms with Crippen LogP contribution in [0.25, 0.3) is 6.08 Å². The van der Waals surface area contributed by atoms with Crippen LogP contribution in [0.5, 0.6) is 11.5 Å². The molecule has 0 atom stereocenters. The molecular weight excluding hydrogens is 267 g/mol. The molecule has 1 N–H and O–H groups in total. The van der Waals surface area contributed by atoms with E-state index in [0.29, 0.717) is 5.75 Å². The maximum Gasteiger partial charge on any atom is 0.123 e. The van der Waals surface area contributed by atoms with Gasteiger partial charge in [-0.2, -0.15) is 0 Å². The molecule has 1 aromatic rings. The molecule has 3 heteroatoms. The molecule has 0 aliphatic carbocycles. The van der Waals surface area contributed by atoms with Crippen LogP contribution in [0.1, 0.15) is 5.56 Å². The summed E-state index contributed by atoms with van der Waals surface area (Å²) in [7, 11) is 1.58. The summed E-state index contributed by atoms with van der Waals surface area (Å²) < 4.78 is 6.87.